The lowest BCUT2D eigenvalue weighted by Crippen LogP contribution is -2.54. The van der Waals surface area contributed by atoms with Crippen LogP contribution in [0.15, 0.2) is 36.5 Å². The molecular formula is C32H38F4N6O5S. The molecule has 5 rings (SSSR count). The fraction of sp³-hybridized carbons (Fsp3) is 0.469. The number of aromatic nitrogens is 2. The number of methoxy groups -OCH3 is 1. The normalized spacial score (nSPS) is 16.3. The Labute approximate surface area is 276 Å². The van der Waals surface area contributed by atoms with Crippen molar-refractivity contribution < 1.29 is 40.2 Å². The number of rotatable bonds is 11. The largest absolute Gasteiger partial charge is 0.496 e. The van der Waals surface area contributed by atoms with E-state index in [1.165, 1.54) is 20.2 Å². The first-order valence-electron chi connectivity index (χ1n) is 15.3. The van der Waals surface area contributed by atoms with Gasteiger partial charge in [-0.2, -0.15) is 13.2 Å². The highest BCUT2D eigenvalue weighted by Gasteiger charge is 2.36. The van der Waals surface area contributed by atoms with Gasteiger partial charge in [-0.3, -0.25) is 14.0 Å². The van der Waals surface area contributed by atoms with Gasteiger partial charge in [0.2, 0.25) is 10.0 Å². The summed E-state index contributed by atoms with van der Waals surface area (Å²) in [6.45, 7) is 4.60. The van der Waals surface area contributed by atoms with E-state index in [1.807, 2.05) is 0 Å². The molecular weight excluding hydrogens is 656 g/mol. The van der Waals surface area contributed by atoms with E-state index in [9.17, 15) is 26.4 Å². The van der Waals surface area contributed by atoms with E-state index in [4.69, 9.17) is 9.47 Å². The second-order valence-electron chi connectivity index (χ2n) is 12.1. The van der Waals surface area contributed by atoms with Crippen LogP contribution in [0.5, 0.6) is 5.75 Å². The lowest BCUT2D eigenvalue weighted by atomic mass is 10.0. The minimum atomic E-state index is -4.80. The van der Waals surface area contributed by atoms with Crippen LogP contribution in [0.1, 0.15) is 51.3 Å². The number of ether oxygens (including phenoxy) is 2. The molecule has 3 aromatic rings. The molecule has 3 heterocycles. The van der Waals surface area contributed by atoms with Crippen LogP contribution >= 0.6 is 0 Å². The predicted octanol–water partition coefficient (Wildman–Crippen LogP) is 4.14. The average molecular weight is 695 g/mol. The van der Waals surface area contributed by atoms with Crippen LogP contribution in [-0.4, -0.2) is 88.0 Å². The van der Waals surface area contributed by atoms with Crippen molar-refractivity contribution in [3.8, 4) is 5.75 Å². The second-order valence-corrected chi connectivity index (χ2v) is 14.1. The lowest BCUT2D eigenvalue weighted by Gasteiger charge is -2.41. The highest BCUT2D eigenvalue weighted by atomic mass is 32.2. The zero-order chi connectivity index (χ0) is 34.8. The van der Waals surface area contributed by atoms with E-state index < -0.39 is 39.3 Å². The van der Waals surface area contributed by atoms with Gasteiger partial charge in [0.05, 0.1) is 43.9 Å². The first kappa shape index (κ1) is 35.3. The number of hydrogen-bond donors (Lipinski definition) is 2. The number of amides is 1. The van der Waals surface area contributed by atoms with Crippen LogP contribution in [0, 0.1) is 12.7 Å². The Kier molecular flexibility index (Phi) is 10.5. The third-order valence-electron chi connectivity index (χ3n) is 8.63. The van der Waals surface area contributed by atoms with Gasteiger partial charge >= 0.3 is 6.18 Å². The molecule has 0 atom stereocenters. The van der Waals surface area contributed by atoms with E-state index in [0.717, 1.165) is 48.1 Å². The molecule has 2 saturated heterocycles. The Morgan fingerprint density at radius 3 is 2.46 bits per heavy atom. The maximum absolute atomic E-state index is 15.3. The summed E-state index contributed by atoms with van der Waals surface area (Å²) in [5.41, 5.74) is 0.352. The molecule has 2 N–H and O–H groups in total. The zero-order valence-corrected chi connectivity index (χ0v) is 27.8. The van der Waals surface area contributed by atoms with Crippen molar-refractivity contribution in [1.82, 2.24) is 20.2 Å². The Morgan fingerprint density at radius 2 is 1.85 bits per heavy atom. The quantitative estimate of drug-likeness (QED) is 0.285. The van der Waals surface area contributed by atoms with Gasteiger partial charge in [-0.15, -0.1) is 0 Å². The van der Waals surface area contributed by atoms with E-state index >= 15 is 4.39 Å². The molecule has 1 aromatic heterocycles. The number of carbonyl (C=O) groups is 1. The summed E-state index contributed by atoms with van der Waals surface area (Å²) in [6.07, 6.45) is -1.90. The number of nitrogens with one attached hydrogen (secondary N) is 2. The summed E-state index contributed by atoms with van der Waals surface area (Å²) in [5, 5.41) is 5.59. The highest BCUT2D eigenvalue weighted by Crippen LogP contribution is 2.35. The number of anilines is 2. The number of benzene rings is 2. The highest BCUT2D eigenvalue weighted by molar-refractivity contribution is 7.92. The molecule has 260 valence electrons. The number of alkyl halides is 3. The molecule has 16 heteroatoms. The van der Waals surface area contributed by atoms with Gasteiger partial charge in [0.25, 0.3) is 5.91 Å². The first-order valence-corrected chi connectivity index (χ1v) is 17.2. The molecule has 48 heavy (non-hydrogen) atoms. The van der Waals surface area contributed by atoms with Crippen LogP contribution in [-0.2, 0) is 33.9 Å². The average Bonchev–Trinajstić information content (AvgIpc) is 2.99. The number of carbonyl (C=O) groups excluding carboxylic acids is 1. The van der Waals surface area contributed by atoms with E-state index in [0.29, 0.717) is 36.7 Å². The van der Waals surface area contributed by atoms with E-state index in [2.05, 4.69) is 25.5 Å². The first-order chi connectivity index (χ1) is 22.6. The fourth-order valence-corrected chi connectivity index (χ4v) is 6.22. The summed E-state index contributed by atoms with van der Waals surface area (Å²) < 4.78 is 93.4. The Morgan fingerprint density at radius 1 is 1.15 bits per heavy atom. The maximum Gasteiger partial charge on any atom is 0.421 e. The maximum atomic E-state index is 15.3. The van der Waals surface area contributed by atoms with Crippen molar-refractivity contribution in [2.75, 3.05) is 56.3 Å². The standard InChI is InChI=1S/C32H38F4N6O5S/c1-19-5-6-20(27(11-19)41(2)48(4,44)45)15-38-30-25(32(34,35)36)16-37-29(40-30)13-21-12-26(33)24(14-28(21)46-3)31(43)39-22-7-9-42(10-8-22)23-17-47-18-23/h5-6,11-12,14,16,22-23H,7-10,13,15,17-18H2,1-4H3,(H,39,43)(H,37,38,40). The molecule has 0 bridgehead atoms. The van der Waals surface area contributed by atoms with Crippen molar-refractivity contribution >= 4 is 27.4 Å². The third kappa shape index (κ3) is 8.15. The SMILES string of the molecule is COc1cc(C(=O)NC2CCN(C3COC3)CC2)c(F)cc1Cc1ncc(C(F)(F)F)c(NCc2ccc(C)cc2N(C)S(C)(=O)=O)n1. The molecule has 0 saturated carbocycles. The van der Waals surface area contributed by atoms with E-state index in [1.54, 1.807) is 25.1 Å². The van der Waals surface area contributed by atoms with Crippen molar-refractivity contribution in [3.63, 3.8) is 0 Å². The van der Waals surface area contributed by atoms with Crippen molar-refractivity contribution in [2.24, 2.45) is 0 Å². The Bertz CT molecular complexity index is 1760. The monoisotopic (exact) mass is 694 g/mol. The molecule has 2 aliphatic rings. The Balaban J connectivity index is 1.34. The van der Waals surface area contributed by atoms with Gasteiger partial charge < -0.3 is 20.1 Å². The summed E-state index contributed by atoms with van der Waals surface area (Å²) in [6, 6.07) is 7.61. The van der Waals surface area contributed by atoms with Crippen LogP contribution in [0.4, 0.5) is 29.1 Å². The minimum absolute atomic E-state index is 0.0681. The van der Waals surface area contributed by atoms with E-state index in [-0.39, 0.29) is 41.7 Å². The van der Waals surface area contributed by atoms with Crippen molar-refractivity contribution in [1.29, 1.82) is 0 Å². The van der Waals surface area contributed by atoms with Gasteiger partial charge in [-0.25, -0.2) is 22.8 Å². The molecule has 0 aliphatic carbocycles. The molecule has 11 nitrogen and oxygen atoms in total. The summed E-state index contributed by atoms with van der Waals surface area (Å²) in [7, 11) is -0.960. The summed E-state index contributed by atoms with van der Waals surface area (Å²) in [5.74, 6) is -1.86. The number of piperidine rings is 1. The number of sulfonamides is 1. The van der Waals surface area contributed by atoms with Gasteiger partial charge in [-0.1, -0.05) is 12.1 Å². The number of likely N-dealkylation sites (tertiary alicyclic amines) is 1. The van der Waals surface area contributed by atoms with Gasteiger partial charge in [0.1, 0.15) is 28.8 Å². The minimum Gasteiger partial charge on any atom is -0.496 e. The molecule has 0 spiro atoms. The molecule has 1 amide bonds. The summed E-state index contributed by atoms with van der Waals surface area (Å²) in [4.78, 5) is 23.4. The zero-order valence-electron chi connectivity index (χ0n) is 27.0. The van der Waals surface area contributed by atoms with Crippen molar-refractivity contribution in [3.05, 3.63) is 76.0 Å². The van der Waals surface area contributed by atoms with Gasteiger partial charge in [-0.05, 0) is 49.1 Å². The second kappa shape index (κ2) is 14.2. The van der Waals surface area contributed by atoms with Crippen LogP contribution in [0.3, 0.4) is 0 Å². The number of nitrogens with zero attached hydrogens (tertiary/aromatic N) is 4. The van der Waals surface area contributed by atoms with Crippen LogP contribution in [0.25, 0.3) is 0 Å². The Hall–Kier alpha value is -4.02. The van der Waals surface area contributed by atoms with Crippen molar-refractivity contribution in [2.45, 2.75) is 51.0 Å². The molecule has 2 fully saturated rings. The number of hydrogen-bond acceptors (Lipinski definition) is 9. The molecule has 2 aromatic carbocycles. The smallest absolute Gasteiger partial charge is 0.421 e. The molecule has 0 radical (unpaired) electrons. The molecule has 0 unspecified atom stereocenters. The summed E-state index contributed by atoms with van der Waals surface area (Å²) >= 11 is 0. The van der Waals surface area contributed by atoms with Gasteiger partial charge in [0.15, 0.2) is 0 Å². The van der Waals surface area contributed by atoms with Gasteiger partial charge in [0, 0.05) is 50.9 Å². The topological polar surface area (TPSA) is 126 Å². The van der Waals surface area contributed by atoms with Crippen LogP contribution < -0.4 is 19.7 Å². The lowest BCUT2D eigenvalue weighted by molar-refractivity contribution is -0.137. The molecule has 2 aliphatic heterocycles. The predicted molar refractivity (Wildman–Crippen MR) is 171 cm³/mol. The number of aryl methyl sites for hydroxylation is 1. The third-order valence-corrected chi connectivity index (χ3v) is 9.82. The van der Waals surface area contributed by atoms with Crippen LogP contribution in [0.2, 0.25) is 0 Å². The number of halogens is 4. The fourth-order valence-electron chi connectivity index (χ4n) is 5.69.